The van der Waals surface area contributed by atoms with Crippen LogP contribution in [0.25, 0.3) is 11.3 Å². The third-order valence-corrected chi connectivity index (χ3v) is 5.00. The molecule has 6 heteroatoms. The minimum atomic E-state index is -0.0490. The lowest BCUT2D eigenvalue weighted by Gasteiger charge is -2.15. The first kappa shape index (κ1) is 16.7. The van der Waals surface area contributed by atoms with Gasteiger partial charge in [0, 0.05) is 29.6 Å². The van der Waals surface area contributed by atoms with Crippen LogP contribution in [0.15, 0.2) is 54.6 Å². The van der Waals surface area contributed by atoms with Crippen molar-refractivity contribution in [1.29, 1.82) is 0 Å². The van der Waals surface area contributed by atoms with Gasteiger partial charge < -0.3 is 10.0 Å². The molecule has 4 rings (SSSR count). The SMILES string of the molecule is O=C(c1cc(-c2ccc(O)cc2)n[nH]1)N1CC[C@@H](c2cccc(Cl)c2)C1. The number of aromatic nitrogens is 2. The molecule has 1 aliphatic rings. The Labute approximate surface area is 156 Å². The molecule has 1 aromatic heterocycles. The minimum absolute atomic E-state index is 0.0490. The first-order valence-corrected chi connectivity index (χ1v) is 8.87. The Kier molecular flexibility index (Phi) is 4.39. The molecular formula is C20H18ClN3O2. The fraction of sp³-hybridized carbons (Fsp3) is 0.200. The largest absolute Gasteiger partial charge is 0.508 e. The second-order valence-corrected chi connectivity index (χ2v) is 6.94. The van der Waals surface area contributed by atoms with Gasteiger partial charge in [0.15, 0.2) is 0 Å². The first-order valence-electron chi connectivity index (χ1n) is 8.50. The number of rotatable bonds is 3. The summed E-state index contributed by atoms with van der Waals surface area (Å²) in [5.41, 5.74) is 3.16. The van der Waals surface area contributed by atoms with Gasteiger partial charge in [0.2, 0.25) is 0 Å². The van der Waals surface area contributed by atoms with Crippen LogP contribution in [-0.4, -0.2) is 39.2 Å². The van der Waals surface area contributed by atoms with Crippen LogP contribution in [0.3, 0.4) is 0 Å². The van der Waals surface area contributed by atoms with Gasteiger partial charge in [-0.1, -0.05) is 23.7 Å². The van der Waals surface area contributed by atoms with Gasteiger partial charge >= 0.3 is 0 Å². The summed E-state index contributed by atoms with van der Waals surface area (Å²) in [6, 6.07) is 16.3. The lowest BCUT2D eigenvalue weighted by molar-refractivity contribution is 0.0785. The molecule has 0 spiro atoms. The number of halogens is 1. The maximum Gasteiger partial charge on any atom is 0.271 e. The van der Waals surface area contributed by atoms with E-state index in [0.717, 1.165) is 17.0 Å². The summed E-state index contributed by atoms with van der Waals surface area (Å²) < 4.78 is 0. The van der Waals surface area contributed by atoms with Crippen LogP contribution in [0, 0.1) is 0 Å². The molecule has 1 aliphatic heterocycles. The highest BCUT2D eigenvalue weighted by molar-refractivity contribution is 6.30. The van der Waals surface area contributed by atoms with Crippen molar-refractivity contribution < 1.29 is 9.90 Å². The number of aromatic hydroxyl groups is 1. The molecule has 5 nitrogen and oxygen atoms in total. The summed E-state index contributed by atoms with van der Waals surface area (Å²) >= 11 is 6.08. The average molecular weight is 368 g/mol. The number of H-pyrrole nitrogens is 1. The number of carbonyl (C=O) groups excluding carboxylic acids is 1. The fourth-order valence-corrected chi connectivity index (χ4v) is 3.56. The Morgan fingerprint density at radius 2 is 2.00 bits per heavy atom. The molecule has 2 aromatic carbocycles. The predicted molar refractivity (Wildman–Crippen MR) is 100 cm³/mol. The number of nitrogens with zero attached hydrogens (tertiary/aromatic N) is 2. The number of benzene rings is 2. The average Bonchev–Trinajstić information content (AvgIpc) is 3.32. The molecule has 1 fully saturated rings. The van der Waals surface area contributed by atoms with Crippen molar-refractivity contribution in [2.24, 2.45) is 0 Å². The standard InChI is InChI=1S/C20H18ClN3O2/c21-16-3-1-2-14(10-16)15-8-9-24(12-15)20(26)19-11-18(22-23-19)13-4-6-17(25)7-5-13/h1-7,10-11,15,25H,8-9,12H2,(H,22,23)/t15-/m1/s1. The van der Waals surface area contributed by atoms with E-state index in [1.54, 1.807) is 30.3 Å². The molecule has 26 heavy (non-hydrogen) atoms. The molecule has 3 aromatic rings. The molecule has 0 unspecified atom stereocenters. The molecule has 0 aliphatic carbocycles. The predicted octanol–water partition coefficient (Wildman–Crippen LogP) is 4.07. The number of nitrogens with one attached hydrogen (secondary N) is 1. The first-order chi connectivity index (χ1) is 12.6. The number of hydrogen-bond acceptors (Lipinski definition) is 3. The quantitative estimate of drug-likeness (QED) is 0.733. The van der Waals surface area contributed by atoms with Crippen LogP contribution in [0.2, 0.25) is 5.02 Å². The molecule has 132 valence electrons. The molecule has 1 amide bonds. The monoisotopic (exact) mass is 367 g/mol. The van der Waals surface area contributed by atoms with E-state index in [1.165, 1.54) is 5.56 Å². The smallest absolute Gasteiger partial charge is 0.271 e. The normalized spacial score (nSPS) is 16.8. The van der Waals surface area contributed by atoms with Crippen molar-refractivity contribution in [2.45, 2.75) is 12.3 Å². The van der Waals surface area contributed by atoms with Crippen LogP contribution in [0.4, 0.5) is 0 Å². The van der Waals surface area contributed by atoms with E-state index in [-0.39, 0.29) is 11.7 Å². The van der Waals surface area contributed by atoms with Crippen molar-refractivity contribution in [2.75, 3.05) is 13.1 Å². The number of hydrogen-bond donors (Lipinski definition) is 2. The molecule has 2 N–H and O–H groups in total. The Balaban J connectivity index is 1.48. The van der Waals surface area contributed by atoms with Crippen molar-refractivity contribution >= 4 is 17.5 Å². The van der Waals surface area contributed by atoms with E-state index in [1.807, 2.05) is 23.1 Å². The Morgan fingerprint density at radius 3 is 2.77 bits per heavy atom. The molecule has 2 heterocycles. The van der Waals surface area contributed by atoms with Gasteiger partial charge in [0.1, 0.15) is 11.4 Å². The third-order valence-electron chi connectivity index (χ3n) is 4.77. The van der Waals surface area contributed by atoms with Crippen molar-refractivity contribution in [3.05, 3.63) is 70.9 Å². The van der Waals surface area contributed by atoms with Gasteiger partial charge in [-0.05, 0) is 54.4 Å². The third kappa shape index (κ3) is 3.30. The van der Waals surface area contributed by atoms with Crippen molar-refractivity contribution in [1.82, 2.24) is 15.1 Å². The minimum Gasteiger partial charge on any atom is -0.508 e. The summed E-state index contributed by atoms with van der Waals surface area (Å²) in [5.74, 6) is 0.453. The highest BCUT2D eigenvalue weighted by atomic mass is 35.5. The van der Waals surface area contributed by atoms with E-state index in [4.69, 9.17) is 11.6 Å². The van der Waals surface area contributed by atoms with Gasteiger partial charge in [0.25, 0.3) is 5.91 Å². The second kappa shape index (κ2) is 6.84. The zero-order chi connectivity index (χ0) is 18.1. The van der Waals surface area contributed by atoms with E-state index >= 15 is 0 Å². The number of likely N-dealkylation sites (tertiary alicyclic amines) is 1. The van der Waals surface area contributed by atoms with Crippen molar-refractivity contribution in [3.63, 3.8) is 0 Å². The van der Waals surface area contributed by atoms with Gasteiger partial charge in [-0.25, -0.2) is 0 Å². The Morgan fingerprint density at radius 1 is 1.19 bits per heavy atom. The van der Waals surface area contributed by atoms with Gasteiger partial charge in [-0.15, -0.1) is 0 Å². The van der Waals surface area contributed by atoms with Crippen molar-refractivity contribution in [3.8, 4) is 17.0 Å². The summed E-state index contributed by atoms with van der Waals surface area (Å²) in [7, 11) is 0. The topological polar surface area (TPSA) is 69.2 Å². The maximum absolute atomic E-state index is 12.8. The highest BCUT2D eigenvalue weighted by Crippen LogP contribution is 2.30. The number of phenolic OH excluding ortho intramolecular Hbond substituents is 1. The Hall–Kier alpha value is -2.79. The van der Waals surface area contributed by atoms with Gasteiger partial charge in [-0.2, -0.15) is 5.10 Å². The Bertz CT molecular complexity index is 936. The van der Waals surface area contributed by atoms with Crippen LogP contribution < -0.4 is 0 Å². The summed E-state index contributed by atoms with van der Waals surface area (Å²) in [6.45, 7) is 1.39. The summed E-state index contributed by atoms with van der Waals surface area (Å²) in [4.78, 5) is 14.6. The van der Waals surface area contributed by atoms with Crippen LogP contribution in [-0.2, 0) is 0 Å². The van der Waals surface area contributed by atoms with Crippen LogP contribution in [0.1, 0.15) is 28.4 Å². The number of phenols is 1. The number of carbonyl (C=O) groups is 1. The van der Waals surface area contributed by atoms with E-state index < -0.39 is 0 Å². The lowest BCUT2D eigenvalue weighted by Crippen LogP contribution is -2.28. The van der Waals surface area contributed by atoms with Gasteiger partial charge in [0.05, 0.1) is 5.69 Å². The maximum atomic E-state index is 12.8. The number of amides is 1. The molecule has 0 radical (unpaired) electrons. The van der Waals surface area contributed by atoms with E-state index in [0.29, 0.717) is 30.4 Å². The molecular weight excluding hydrogens is 350 g/mol. The van der Waals surface area contributed by atoms with E-state index in [9.17, 15) is 9.90 Å². The summed E-state index contributed by atoms with van der Waals surface area (Å²) in [5, 5.41) is 17.2. The summed E-state index contributed by atoms with van der Waals surface area (Å²) in [6.07, 6.45) is 0.922. The van der Waals surface area contributed by atoms with Gasteiger partial charge in [-0.3, -0.25) is 9.89 Å². The second-order valence-electron chi connectivity index (χ2n) is 6.51. The fourth-order valence-electron chi connectivity index (χ4n) is 3.36. The zero-order valence-corrected chi connectivity index (χ0v) is 14.8. The van der Waals surface area contributed by atoms with Crippen LogP contribution >= 0.6 is 11.6 Å². The van der Waals surface area contributed by atoms with E-state index in [2.05, 4.69) is 16.3 Å². The molecule has 0 bridgehead atoms. The zero-order valence-electron chi connectivity index (χ0n) is 14.0. The highest BCUT2D eigenvalue weighted by Gasteiger charge is 2.29. The molecule has 1 atom stereocenters. The lowest BCUT2D eigenvalue weighted by atomic mass is 9.99. The number of aromatic amines is 1. The molecule has 0 saturated carbocycles. The van der Waals surface area contributed by atoms with Crippen LogP contribution in [0.5, 0.6) is 5.75 Å². The molecule has 1 saturated heterocycles.